The highest BCUT2D eigenvalue weighted by Crippen LogP contribution is 2.06. The summed E-state index contributed by atoms with van der Waals surface area (Å²) in [6.45, 7) is 4.42. The number of hydrogen-bond acceptors (Lipinski definition) is 2. The van der Waals surface area contributed by atoms with E-state index in [0.717, 1.165) is 19.3 Å². The van der Waals surface area contributed by atoms with E-state index in [9.17, 15) is 9.90 Å². The molecule has 0 aliphatic rings. The Hall–Kier alpha value is -1.35. The van der Waals surface area contributed by atoms with Gasteiger partial charge in [-0.1, -0.05) is 43.2 Å². The Balaban J connectivity index is 2.25. The molecule has 18 heavy (non-hydrogen) atoms. The van der Waals surface area contributed by atoms with Crippen molar-refractivity contribution in [3.05, 3.63) is 35.4 Å². The maximum absolute atomic E-state index is 11.6. The summed E-state index contributed by atoms with van der Waals surface area (Å²) in [5.74, 6) is 0.00617. The van der Waals surface area contributed by atoms with Crippen LogP contribution in [0.4, 0.5) is 0 Å². The summed E-state index contributed by atoms with van der Waals surface area (Å²) < 4.78 is 0. The zero-order chi connectivity index (χ0) is 13.4. The largest absolute Gasteiger partial charge is 0.391 e. The maximum Gasteiger partial charge on any atom is 0.220 e. The van der Waals surface area contributed by atoms with Crippen molar-refractivity contribution in [3.8, 4) is 0 Å². The first-order valence-electron chi connectivity index (χ1n) is 6.62. The zero-order valence-electron chi connectivity index (χ0n) is 11.3. The minimum atomic E-state index is -0.419. The molecule has 0 spiro atoms. The third-order valence-corrected chi connectivity index (χ3v) is 2.88. The summed E-state index contributed by atoms with van der Waals surface area (Å²) in [6, 6.07) is 8.18. The lowest BCUT2D eigenvalue weighted by atomic mass is 10.1. The average Bonchev–Trinajstić information content (AvgIpc) is 2.34. The van der Waals surface area contributed by atoms with E-state index >= 15 is 0 Å². The molecular weight excluding hydrogens is 226 g/mol. The molecule has 100 valence electrons. The molecule has 1 rings (SSSR count). The van der Waals surface area contributed by atoms with E-state index in [4.69, 9.17) is 0 Å². The predicted octanol–water partition coefficient (Wildman–Crippen LogP) is 2.20. The van der Waals surface area contributed by atoms with Gasteiger partial charge in [-0.2, -0.15) is 0 Å². The molecule has 0 fully saturated rings. The van der Waals surface area contributed by atoms with Crippen LogP contribution in [0.3, 0.4) is 0 Å². The monoisotopic (exact) mass is 249 g/mol. The van der Waals surface area contributed by atoms with Crippen molar-refractivity contribution in [2.24, 2.45) is 0 Å². The SMILES string of the molecule is CCCC(O)CNC(=O)CCc1cccc(C)c1. The number of aliphatic hydroxyl groups excluding tert-OH is 1. The molecule has 3 nitrogen and oxygen atoms in total. The normalized spacial score (nSPS) is 12.2. The molecule has 3 heteroatoms. The van der Waals surface area contributed by atoms with Gasteiger partial charge in [0.05, 0.1) is 6.10 Å². The number of benzene rings is 1. The van der Waals surface area contributed by atoms with Crippen LogP contribution >= 0.6 is 0 Å². The standard InChI is InChI=1S/C15H23NO2/c1-3-5-14(17)11-16-15(18)9-8-13-7-4-6-12(2)10-13/h4,6-7,10,14,17H,3,5,8-9,11H2,1-2H3,(H,16,18). The van der Waals surface area contributed by atoms with Gasteiger partial charge in [-0.05, 0) is 25.3 Å². The summed E-state index contributed by atoms with van der Waals surface area (Å²) in [4.78, 5) is 11.6. The molecule has 0 saturated carbocycles. The van der Waals surface area contributed by atoms with E-state index in [1.54, 1.807) is 0 Å². The molecule has 0 aromatic heterocycles. The highest BCUT2D eigenvalue weighted by atomic mass is 16.3. The number of nitrogens with one attached hydrogen (secondary N) is 1. The van der Waals surface area contributed by atoms with Crippen LogP contribution in [0.25, 0.3) is 0 Å². The van der Waals surface area contributed by atoms with Crippen LogP contribution in [-0.2, 0) is 11.2 Å². The summed E-state index contributed by atoms with van der Waals surface area (Å²) in [5, 5.41) is 12.3. The number of aliphatic hydroxyl groups is 1. The van der Waals surface area contributed by atoms with Crippen molar-refractivity contribution in [2.45, 2.75) is 45.6 Å². The van der Waals surface area contributed by atoms with Crippen LogP contribution in [0.2, 0.25) is 0 Å². The molecular formula is C15H23NO2. The highest BCUT2D eigenvalue weighted by Gasteiger charge is 2.06. The quantitative estimate of drug-likeness (QED) is 0.778. The summed E-state index contributed by atoms with van der Waals surface area (Å²) in [7, 11) is 0. The van der Waals surface area contributed by atoms with E-state index in [2.05, 4.69) is 11.4 Å². The van der Waals surface area contributed by atoms with Crippen LogP contribution in [0, 0.1) is 6.92 Å². The zero-order valence-corrected chi connectivity index (χ0v) is 11.3. The second-order valence-corrected chi connectivity index (χ2v) is 4.74. The van der Waals surface area contributed by atoms with Gasteiger partial charge in [-0.15, -0.1) is 0 Å². The molecule has 1 aromatic carbocycles. The molecule has 1 atom stereocenters. The van der Waals surface area contributed by atoms with Gasteiger partial charge in [0.2, 0.25) is 5.91 Å². The Kier molecular flexibility index (Phi) is 6.44. The summed E-state index contributed by atoms with van der Waals surface area (Å²) >= 11 is 0. The van der Waals surface area contributed by atoms with Gasteiger partial charge < -0.3 is 10.4 Å². The van der Waals surface area contributed by atoms with E-state index in [-0.39, 0.29) is 5.91 Å². The lowest BCUT2D eigenvalue weighted by molar-refractivity contribution is -0.121. The number of carbonyl (C=O) groups excluding carboxylic acids is 1. The van der Waals surface area contributed by atoms with Crippen LogP contribution in [0.15, 0.2) is 24.3 Å². The summed E-state index contributed by atoms with van der Waals surface area (Å²) in [6.07, 6.45) is 2.47. The number of hydrogen-bond donors (Lipinski definition) is 2. The van der Waals surface area contributed by atoms with Crippen LogP contribution in [0.1, 0.15) is 37.3 Å². The molecule has 1 aromatic rings. The van der Waals surface area contributed by atoms with E-state index in [1.807, 2.05) is 32.0 Å². The van der Waals surface area contributed by atoms with Crippen LogP contribution in [0.5, 0.6) is 0 Å². The smallest absolute Gasteiger partial charge is 0.220 e. The number of aryl methyl sites for hydroxylation is 2. The molecule has 0 aliphatic carbocycles. The van der Waals surface area contributed by atoms with Crippen molar-refractivity contribution >= 4 is 5.91 Å². The number of rotatable bonds is 7. The van der Waals surface area contributed by atoms with Crippen molar-refractivity contribution in [2.75, 3.05) is 6.54 Å². The van der Waals surface area contributed by atoms with Gasteiger partial charge in [0.25, 0.3) is 0 Å². The third-order valence-electron chi connectivity index (χ3n) is 2.88. The molecule has 0 radical (unpaired) electrons. The molecule has 1 unspecified atom stereocenters. The first-order valence-corrected chi connectivity index (χ1v) is 6.62. The van der Waals surface area contributed by atoms with Crippen molar-refractivity contribution in [1.29, 1.82) is 0 Å². The predicted molar refractivity (Wildman–Crippen MR) is 73.4 cm³/mol. The Morgan fingerprint density at radius 1 is 1.44 bits per heavy atom. The second kappa shape index (κ2) is 7.88. The Labute approximate surface area is 109 Å². The number of carbonyl (C=O) groups is 1. The van der Waals surface area contributed by atoms with Gasteiger partial charge in [-0.3, -0.25) is 4.79 Å². The molecule has 0 aliphatic heterocycles. The van der Waals surface area contributed by atoms with Crippen LogP contribution < -0.4 is 5.32 Å². The first-order chi connectivity index (χ1) is 8.61. The molecule has 0 heterocycles. The molecule has 1 amide bonds. The topological polar surface area (TPSA) is 49.3 Å². The first kappa shape index (κ1) is 14.7. The fraction of sp³-hybridized carbons (Fsp3) is 0.533. The second-order valence-electron chi connectivity index (χ2n) is 4.74. The fourth-order valence-corrected chi connectivity index (χ4v) is 1.88. The Morgan fingerprint density at radius 3 is 2.89 bits per heavy atom. The number of amides is 1. The van der Waals surface area contributed by atoms with Gasteiger partial charge in [0.1, 0.15) is 0 Å². The van der Waals surface area contributed by atoms with E-state index in [1.165, 1.54) is 11.1 Å². The molecule has 0 bridgehead atoms. The minimum absolute atomic E-state index is 0.00617. The average molecular weight is 249 g/mol. The van der Waals surface area contributed by atoms with Crippen molar-refractivity contribution < 1.29 is 9.90 Å². The fourth-order valence-electron chi connectivity index (χ4n) is 1.88. The van der Waals surface area contributed by atoms with Crippen molar-refractivity contribution in [3.63, 3.8) is 0 Å². The van der Waals surface area contributed by atoms with Gasteiger partial charge >= 0.3 is 0 Å². The minimum Gasteiger partial charge on any atom is -0.391 e. The Morgan fingerprint density at radius 2 is 2.22 bits per heavy atom. The van der Waals surface area contributed by atoms with E-state index in [0.29, 0.717) is 13.0 Å². The summed E-state index contributed by atoms with van der Waals surface area (Å²) in [5.41, 5.74) is 2.39. The van der Waals surface area contributed by atoms with Gasteiger partial charge in [0.15, 0.2) is 0 Å². The van der Waals surface area contributed by atoms with Gasteiger partial charge in [0, 0.05) is 13.0 Å². The lowest BCUT2D eigenvalue weighted by Gasteiger charge is -2.10. The molecule has 2 N–H and O–H groups in total. The van der Waals surface area contributed by atoms with Gasteiger partial charge in [-0.25, -0.2) is 0 Å². The Bertz CT molecular complexity index is 377. The molecule has 0 saturated heterocycles. The van der Waals surface area contributed by atoms with E-state index < -0.39 is 6.10 Å². The third kappa shape index (κ3) is 5.82. The highest BCUT2D eigenvalue weighted by molar-refractivity contribution is 5.76. The van der Waals surface area contributed by atoms with Crippen molar-refractivity contribution in [1.82, 2.24) is 5.32 Å². The maximum atomic E-state index is 11.6. The van der Waals surface area contributed by atoms with Crippen LogP contribution in [-0.4, -0.2) is 23.7 Å². The lowest BCUT2D eigenvalue weighted by Crippen LogP contribution is -2.32.